The molecule has 0 unspecified atom stereocenters. The maximum Gasteiger partial charge on any atom is 0.374 e. The molecular weight excluding hydrogens is 376 g/mol. The highest BCUT2D eigenvalue weighted by molar-refractivity contribution is 5.97. The molecule has 0 spiro atoms. The van der Waals surface area contributed by atoms with E-state index in [0.29, 0.717) is 16.9 Å². The van der Waals surface area contributed by atoms with Crippen molar-refractivity contribution in [2.24, 2.45) is 0 Å². The number of hydrogen-bond donors (Lipinski definition) is 2. The molecule has 8 heteroatoms. The second-order valence-corrected chi connectivity index (χ2v) is 6.88. The number of carbonyl (C=O) groups is 4. The van der Waals surface area contributed by atoms with E-state index >= 15 is 0 Å². The van der Waals surface area contributed by atoms with Crippen LogP contribution in [-0.4, -0.2) is 36.3 Å². The largest absolute Gasteiger partial charge is 0.450 e. The fraction of sp³-hybridized carbons (Fsp3) is 0.333. The monoisotopic (exact) mass is 398 g/mol. The number of imide groups is 1. The second kappa shape index (κ2) is 9.18. The van der Waals surface area contributed by atoms with Gasteiger partial charge in [-0.3, -0.25) is 14.9 Å². The van der Waals surface area contributed by atoms with Gasteiger partial charge in [0, 0.05) is 17.2 Å². The number of rotatable bonds is 6. The van der Waals surface area contributed by atoms with Gasteiger partial charge in [0.1, 0.15) is 5.76 Å². The average Bonchev–Trinajstić information content (AvgIpc) is 3.38. The van der Waals surface area contributed by atoms with Crippen molar-refractivity contribution in [3.63, 3.8) is 0 Å². The molecule has 1 fully saturated rings. The Kier molecular flexibility index (Phi) is 6.43. The first-order valence-electron chi connectivity index (χ1n) is 9.41. The van der Waals surface area contributed by atoms with Crippen LogP contribution in [0.5, 0.6) is 0 Å². The van der Waals surface area contributed by atoms with Crippen LogP contribution >= 0.6 is 0 Å². The number of amides is 3. The Morgan fingerprint density at radius 1 is 1.03 bits per heavy atom. The van der Waals surface area contributed by atoms with Crippen LogP contribution < -0.4 is 10.6 Å². The van der Waals surface area contributed by atoms with Crippen LogP contribution in [0.25, 0.3) is 11.3 Å². The molecular formula is C21H22N2O6. The van der Waals surface area contributed by atoms with Crippen LogP contribution in [0.2, 0.25) is 0 Å². The molecule has 29 heavy (non-hydrogen) atoms. The van der Waals surface area contributed by atoms with Gasteiger partial charge < -0.3 is 14.5 Å². The molecule has 0 bridgehead atoms. The summed E-state index contributed by atoms with van der Waals surface area (Å²) in [5, 5.41) is 4.85. The third-order valence-corrected chi connectivity index (χ3v) is 4.66. The van der Waals surface area contributed by atoms with E-state index in [0.717, 1.165) is 25.7 Å². The summed E-state index contributed by atoms with van der Waals surface area (Å²) in [5.41, 5.74) is 1.26. The lowest BCUT2D eigenvalue weighted by Crippen LogP contribution is -2.44. The van der Waals surface area contributed by atoms with Crippen LogP contribution in [0.3, 0.4) is 0 Å². The Hall–Kier alpha value is -3.42. The highest BCUT2D eigenvalue weighted by Gasteiger charge is 2.20. The van der Waals surface area contributed by atoms with Gasteiger partial charge in [-0.05, 0) is 31.9 Å². The molecule has 2 N–H and O–H groups in total. The van der Waals surface area contributed by atoms with E-state index in [4.69, 9.17) is 9.15 Å². The molecule has 3 amide bonds. The number of ketones is 1. The third kappa shape index (κ3) is 5.54. The molecule has 0 radical (unpaired) electrons. The van der Waals surface area contributed by atoms with E-state index < -0.39 is 24.5 Å². The van der Waals surface area contributed by atoms with Crippen molar-refractivity contribution < 1.29 is 28.3 Å². The van der Waals surface area contributed by atoms with E-state index in [-0.39, 0.29) is 17.6 Å². The van der Waals surface area contributed by atoms with E-state index in [1.165, 1.54) is 13.0 Å². The third-order valence-electron chi connectivity index (χ3n) is 4.66. The van der Waals surface area contributed by atoms with E-state index in [2.05, 4.69) is 10.6 Å². The van der Waals surface area contributed by atoms with E-state index in [1.807, 2.05) is 0 Å². The van der Waals surface area contributed by atoms with Crippen LogP contribution in [0, 0.1) is 0 Å². The van der Waals surface area contributed by atoms with Gasteiger partial charge in [0.05, 0.1) is 0 Å². The van der Waals surface area contributed by atoms with Crippen molar-refractivity contribution in [2.45, 2.75) is 38.6 Å². The lowest BCUT2D eigenvalue weighted by atomic mass is 10.1. The van der Waals surface area contributed by atoms with Crippen molar-refractivity contribution in [1.82, 2.24) is 10.6 Å². The van der Waals surface area contributed by atoms with E-state index in [9.17, 15) is 19.2 Å². The number of ether oxygens (including phenoxy) is 1. The Labute approximate surface area is 167 Å². The second-order valence-electron chi connectivity index (χ2n) is 6.88. The molecule has 2 aromatic rings. The highest BCUT2D eigenvalue weighted by atomic mass is 16.5. The molecule has 0 aliphatic heterocycles. The molecule has 1 aliphatic carbocycles. The first-order chi connectivity index (χ1) is 13.9. The summed E-state index contributed by atoms with van der Waals surface area (Å²) in [5.74, 6) is -1.23. The van der Waals surface area contributed by atoms with Crippen molar-refractivity contribution in [3.05, 3.63) is 47.7 Å². The summed E-state index contributed by atoms with van der Waals surface area (Å²) in [6, 6.07) is 9.26. The van der Waals surface area contributed by atoms with Gasteiger partial charge in [0.15, 0.2) is 12.4 Å². The normalized spacial score (nSPS) is 13.7. The number of hydrogen-bond acceptors (Lipinski definition) is 6. The number of nitrogens with one attached hydrogen (secondary N) is 2. The molecule has 1 heterocycles. The van der Waals surface area contributed by atoms with Crippen molar-refractivity contribution in [1.29, 1.82) is 0 Å². The summed E-state index contributed by atoms with van der Waals surface area (Å²) >= 11 is 0. The SMILES string of the molecule is CC(=O)c1ccc(-c2ccc(C(=O)OCC(=O)NC(=O)NC3CCCC3)o2)cc1. The van der Waals surface area contributed by atoms with Gasteiger partial charge in [-0.1, -0.05) is 37.1 Å². The minimum absolute atomic E-state index is 0.0459. The summed E-state index contributed by atoms with van der Waals surface area (Å²) < 4.78 is 10.4. The van der Waals surface area contributed by atoms with Crippen LogP contribution in [0.15, 0.2) is 40.8 Å². The maximum absolute atomic E-state index is 12.1. The molecule has 0 saturated heterocycles. The minimum Gasteiger partial charge on any atom is -0.450 e. The minimum atomic E-state index is -0.817. The van der Waals surface area contributed by atoms with Gasteiger partial charge in [0.2, 0.25) is 5.76 Å². The molecule has 8 nitrogen and oxygen atoms in total. The number of carbonyl (C=O) groups excluding carboxylic acids is 4. The lowest BCUT2D eigenvalue weighted by molar-refractivity contribution is -0.123. The average molecular weight is 398 g/mol. The number of esters is 1. The fourth-order valence-corrected chi connectivity index (χ4v) is 3.13. The zero-order chi connectivity index (χ0) is 20.8. The number of Topliss-reactive ketones (excluding diaryl/α,β-unsaturated/α-hetero) is 1. The Morgan fingerprint density at radius 2 is 1.72 bits per heavy atom. The first kappa shape index (κ1) is 20.3. The highest BCUT2D eigenvalue weighted by Crippen LogP contribution is 2.23. The molecule has 1 saturated carbocycles. The van der Waals surface area contributed by atoms with Gasteiger partial charge >= 0.3 is 12.0 Å². The van der Waals surface area contributed by atoms with Gasteiger partial charge in [-0.2, -0.15) is 0 Å². The first-order valence-corrected chi connectivity index (χ1v) is 9.41. The maximum atomic E-state index is 12.1. The topological polar surface area (TPSA) is 115 Å². The summed E-state index contributed by atoms with van der Waals surface area (Å²) in [6.07, 6.45) is 3.91. The van der Waals surface area contributed by atoms with Crippen LogP contribution in [-0.2, 0) is 9.53 Å². The Morgan fingerprint density at radius 3 is 2.38 bits per heavy atom. The standard InChI is InChI=1S/C21H22N2O6/c1-13(24)14-6-8-15(9-7-14)17-10-11-18(29-17)20(26)28-12-19(25)23-21(27)22-16-4-2-3-5-16/h6-11,16H,2-5,12H2,1H3,(H2,22,23,25,27). The quantitative estimate of drug-likeness (QED) is 0.571. The predicted octanol–water partition coefficient (Wildman–Crippen LogP) is 3.07. The fourth-order valence-electron chi connectivity index (χ4n) is 3.13. The lowest BCUT2D eigenvalue weighted by Gasteiger charge is -2.12. The summed E-state index contributed by atoms with van der Waals surface area (Å²) in [7, 11) is 0. The van der Waals surface area contributed by atoms with Crippen LogP contribution in [0.4, 0.5) is 4.79 Å². The molecule has 1 aromatic heterocycles. The summed E-state index contributed by atoms with van der Waals surface area (Å²) in [6.45, 7) is 0.880. The van der Waals surface area contributed by atoms with Crippen molar-refractivity contribution >= 4 is 23.7 Å². The van der Waals surface area contributed by atoms with Crippen molar-refractivity contribution in [2.75, 3.05) is 6.61 Å². The molecule has 0 atom stereocenters. The molecule has 3 rings (SSSR count). The Balaban J connectivity index is 1.48. The molecule has 1 aromatic carbocycles. The molecule has 1 aliphatic rings. The predicted molar refractivity (Wildman–Crippen MR) is 103 cm³/mol. The number of urea groups is 1. The summed E-state index contributed by atoms with van der Waals surface area (Å²) in [4.78, 5) is 46.9. The molecule has 152 valence electrons. The van der Waals surface area contributed by atoms with Crippen LogP contribution in [0.1, 0.15) is 53.5 Å². The van der Waals surface area contributed by atoms with E-state index in [1.54, 1.807) is 30.3 Å². The zero-order valence-electron chi connectivity index (χ0n) is 16.0. The number of benzene rings is 1. The number of furan rings is 1. The Bertz CT molecular complexity index is 910. The van der Waals surface area contributed by atoms with Gasteiger partial charge in [-0.15, -0.1) is 0 Å². The smallest absolute Gasteiger partial charge is 0.374 e. The van der Waals surface area contributed by atoms with Gasteiger partial charge in [-0.25, -0.2) is 9.59 Å². The zero-order valence-corrected chi connectivity index (χ0v) is 16.0. The van der Waals surface area contributed by atoms with Crippen molar-refractivity contribution in [3.8, 4) is 11.3 Å². The van der Waals surface area contributed by atoms with Gasteiger partial charge in [0.25, 0.3) is 5.91 Å².